The van der Waals surface area contributed by atoms with Gasteiger partial charge in [0, 0.05) is 25.2 Å². The smallest absolute Gasteiger partial charge is 0.229 e. The molecule has 2 aliphatic heterocycles. The normalized spacial score (nSPS) is 19.8. The summed E-state index contributed by atoms with van der Waals surface area (Å²) in [6.45, 7) is 2.02. The fraction of sp³-hybridized carbons (Fsp3) is 0.524. The van der Waals surface area contributed by atoms with E-state index in [1.165, 1.54) is 30.6 Å². The van der Waals surface area contributed by atoms with Crippen molar-refractivity contribution in [3.8, 4) is 5.75 Å². The molecule has 2 aliphatic rings. The van der Waals surface area contributed by atoms with Gasteiger partial charge in [0.1, 0.15) is 17.7 Å². The van der Waals surface area contributed by atoms with Crippen LogP contribution in [0, 0.1) is 5.41 Å². The van der Waals surface area contributed by atoms with E-state index in [0.717, 1.165) is 30.1 Å². The number of carbonyl (C=O) groups is 1. The minimum Gasteiger partial charge on any atom is -0.497 e. The summed E-state index contributed by atoms with van der Waals surface area (Å²) in [6.07, 6.45) is 4.69. The molecule has 0 radical (unpaired) electrons. The number of ether oxygens (including phenoxy) is 1. The maximum Gasteiger partial charge on any atom is 0.229 e. The number of nitrogens with zero attached hydrogens (tertiary/aromatic N) is 2. The van der Waals surface area contributed by atoms with Crippen LogP contribution in [0.15, 0.2) is 41.1 Å². The zero-order valence-electron chi connectivity index (χ0n) is 16.2. The van der Waals surface area contributed by atoms with Crippen LogP contribution in [-0.4, -0.2) is 53.7 Å². The number of likely N-dealkylation sites (tertiary alicyclic amines) is 1. The van der Waals surface area contributed by atoms with Crippen molar-refractivity contribution in [3.05, 3.63) is 47.9 Å². The monoisotopic (exact) mass is 401 g/mol. The van der Waals surface area contributed by atoms with E-state index in [0.29, 0.717) is 19.0 Å². The van der Waals surface area contributed by atoms with Crippen LogP contribution in [0.2, 0.25) is 0 Å². The van der Waals surface area contributed by atoms with Gasteiger partial charge >= 0.3 is 0 Å². The van der Waals surface area contributed by atoms with Crippen LogP contribution in [-0.2, 0) is 17.8 Å². The fourth-order valence-corrected chi connectivity index (χ4v) is 5.32. The Morgan fingerprint density at radius 3 is 2.89 bits per heavy atom. The van der Waals surface area contributed by atoms with Crippen LogP contribution in [0.25, 0.3) is 0 Å². The van der Waals surface area contributed by atoms with Crippen LogP contribution in [0.1, 0.15) is 24.1 Å². The first-order valence-corrected chi connectivity index (χ1v) is 11.0. The van der Waals surface area contributed by atoms with Gasteiger partial charge in [-0.05, 0) is 48.5 Å². The molecule has 0 atom stereocenters. The number of nitrogens with one attached hydrogen (secondary N) is 1. The Kier molecular flexibility index (Phi) is 5.92. The number of thioether (sulfide) groups is 1. The standard InChI is InChI=1S/C21H27N3O3S/c1-26-19-4-2-3-16(11-19)12-21(20(25)22-13-17-5-8-27-23-17)14-24(15-21)18-6-9-28-10-7-18/h2-5,8,11,18H,6-7,9-10,12-15H2,1H3,(H,22,25). The molecule has 0 unspecified atom stereocenters. The van der Waals surface area contributed by atoms with Crippen LogP contribution in [0.3, 0.4) is 0 Å². The SMILES string of the molecule is COc1cccc(CC2(C(=O)NCc3ccon3)CN(C3CCSCC3)C2)c1. The van der Waals surface area contributed by atoms with Gasteiger partial charge in [0.25, 0.3) is 0 Å². The molecule has 1 aromatic carbocycles. The van der Waals surface area contributed by atoms with Crippen molar-refractivity contribution in [1.29, 1.82) is 0 Å². The molecular formula is C21H27N3O3S. The second kappa shape index (κ2) is 8.57. The van der Waals surface area contributed by atoms with Crippen molar-refractivity contribution < 1.29 is 14.1 Å². The van der Waals surface area contributed by atoms with E-state index in [2.05, 4.69) is 21.4 Å². The second-order valence-electron chi connectivity index (χ2n) is 7.73. The van der Waals surface area contributed by atoms with Gasteiger partial charge in [0.2, 0.25) is 5.91 Å². The zero-order valence-corrected chi connectivity index (χ0v) is 17.0. The van der Waals surface area contributed by atoms with E-state index in [-0.39, 0.29) is 5.91 Å². The Bertz CT molecular complexity index is 784. The Balaban J connectivity index is 1.46. The van der Waals surface area contributed by atoms with E-state index >= 15 is 0 Å². The molecule has 0 spiro atoms. The highest BCUT2D eigenvalue weighted by Gasteiger charge is 2.50. The highest BCUT2D eigenvalue weighted by molar-refractivity contribution is 7.99. The molecule has 1 aromatic heterocycles. The fourth-order valence-electron chi connectivity index (χ4n) is 4.24. The largest absolute Gasteiger partial charge is 0.497 e. The summed E-state index contributed by atoms with van der Waals surface area (Å²) in [7, 11) is 1.67. The van der Waals surface area contributed by atoms with Crippen LogP contribution in [0.4, 0.5) is 0 Å². The lowest BCUT2D eigenvalue weighted by atomic mass is 9.72. The number of amides is 1. The van der Waals surface area contributed by atoms with Crippen molar-refractivity contribution in [2.45, 2.75) is 31.8 Å². The molecule has 2 aromatic rings. The number of carbonyl (C=O) groups excluding carboxylic acids is 1. The molecule has 1 amide bonds. The number of aromatic nitrogens is 1. The first-order chi connectivity index (χ1) is 13.7. The second-order valence-corrected chi connectivity index (χ2v) is 8.96. The predicted molar refractivity (Wildman–Crippen MR) is 109 cm³/mol. The highest BCUT2D eigenvalue weighted by Crippen LogP contribution is 2.39. The van der Waals surface area contributed by atoms with Gasteiger partial charge in [0.05, 0.1) is 19.1 Å². The third-order valence-electron chi connectivity index (χ3n) is 5.80. The first-order valence-electron chi connectivity index (χ1n) is 9.81. The van der Waals surface area contributed by atoms with Gasteiger partial charge in [-0.15, -0.1) is 0 Å². The third kappa shape index (κ3) is 4.20. The first kappa shape index (κ1) is 19.3. The van der Waals surface area contributed by atoms with Gasteiger partial charge in [-0.2, -0.15) is 11.8 Å². The minimum absolute atomic E-state index is 0.0970. The lowest BCUT2D eigenvalue weighted by molar-refractivity contribution is -0.144. The number of benzene rings is 1. The summed E-state index contributed by atoms with van der Waals surface area (Å²) in [4.78, 5) is 15.7. The average Bonchev–Trinajstić information content (AvgIpc) is 3.23. The highest BCUT2D eigenvalue weighted by atomic mass is 32.2. The molecule has 28 heavy (non-hydrogen) atoms. The van der Waals surface area contributed by atoms with Gasteiger partial charge < -0.3 is 14.6 Å². The zero-order chi connectivity index (χ0) is 19.4. The predicted octanol–water partition coefficient (Wildman–Crippen LogP) is 2.74. The van der Waals surface area contributed by atoms with Gasteiger partial charge in [-0.1, -0.05) is 17.3 Å². The molecule has 3 heterocycles. The van der Waals surface area contributed by atoms with Crippen LogP contribution >= 0.6 is 11.8 Å². The van der Waals surface area contributed by atoms with E-state index < -0.39 is 5.41 Å². The Hall–Kier alpha value is -1.99. The van der Waals surface area contributed by atoms with E-state index in [4.69, 9.17) is 9.26 Å². The summed E-state index contributed by atoms with van der Waals surface area (Å²) in [5, 5.41) is 6.97. The maximum atomic E-state index is 13.2. The van der Waals surface area contributed by atoms with Crippen molar-refractivity contribution in [2.75, 3.05) is 31.7 Å². The molecule has 6 nitrogen and oxygen atoms in total. The number of rotatable bonds is 7. The summed E-state index contributed by atoms with van der Waals surface area (Å²) < 4.78 is 10.2. The van der Waals surface area contributed by atoms with Crippen LogP contribution < -0.4 is 10.1 Å². The topological polar surface area (TPSA) is 67.6 Å². The molecule has 0 aliphatic carbocycles. The van der Waals surface area contributed by atoms with E-state index in [9.17, 15) is 4.79 Å². The third-order valence-corrected chi connectivity index (χ3v) is 6.85. The molecule has 1 N–H and O–H groups in total. The molecule has 0 saturated carbocycles. The number of hydrogen-bond donors (Lipinski definition) is 1. The van der Waals surface area contributed by atoms with Gasteiger partial charge in [-0.25, -0.2) is 0 Å². The number of hydrogen-bond acceptors (Lipinski definition) is 6. The molecule has 0 bridgehead atoms. The lowest BCUT2D eigenvalue weighted by Crippen LogP contribution is -2.66. The lowest BCUT2D eigenvalue weighted by Gasteiger charge is -2.53. The van der Waals surface area contributed by atoms with Crippen molar-refractivity contribution >= 4 is 17.7 Å². The molecule has 2 saturated heterocycles. The molecule has 4 rings (SSSR count). The average molecular weight is 402 g/mol. The van der Waals surface area contributed by atoms with Crippen molar-refractivity contribution in [1.82, 2.24) is 15.4 Å². The Labute approximate surface area is 170 Å². The summed E-state index contributed by atoms with van der Waals surface area (Å²) in [6, 6.07) is 10.4. The number of methoxy groups -OCH3 is 1. The molecular weight excluding hydrogens is 374 g/mol. The van der Waals surface area contributed by atoms with Crippen LogP contribution in [0.5, 0.6) is 5.75 Å². The Morgan fingerprint density at radius 1 is 1.36 bits per heavy atom. The van der Waals surface area contributed by atoms with E-state index in [1.807, 2.05) is 30.0 Å². The summed E-state index contributed by atoms with van der Waals surface area (Å²) >= 11 is 2.03. The molecule has 2 fully saturated rings. The molecule has 7 heteroatoms. The maximum absolute atomic E-state index is 13.2. The summed E-state index contributed by atoms with van der Waals surface area (Å²) in [5.74, 6) is 3.38. The summed E-state index contributed by atoms with van der Waals surface area (Å²) in [5.41, 5.74) is 1.47. The quantitative estimate of drug-likeness (QED) is 0.770. The Morgan fingerprint density at radius 2 is 2.18 bits per heavy atom. The van der Waals surface area contributed by atoms with Gasteiger partial charge in [0.15, 0.2) is 0 Å². The van der Waals surface area contributed by atoms with E-state index in [1.54, 1.807) is 13.2 Å². The van der Waals surface area contributed by atoms with Crippen molar-refractivity contribution in [2.24, 2.45) is 5.41 Å². The molecule has 150 valence electrons. The van der Waals surface area contributed by atoms with Crippen molar-refractivity contribution in [3.63, 3.8) is 0 Å². The minimum atomic E-state index is -0.402. The van der Waals surface area contributed by atoms with Gasteiger partial charge in [-0.3, -0.25) is 9.69 Å².